The highest BCUT2D eigenvalue weighted by atomic mass is 79.9. The lowest BCUT2D eigenvalue weighted by atomic mass is 10.0. The Bertz CT molecular complexity index is 1070. The van der Waals surface area contributed by atoms with Crippen LogP contribution in [0.15, 0.2) is 69.6 Å². The van der Waals surface area contributed by atoms with E-state index in [2.05, 4.69) is 15.9 Å². The van der Waals surface area contributed by atoms with Gasteiger partial charge in [0.1, 0.15) is 11.2 Å². The number of benzene rings is 3. The SMILES string of the molecule is O=[N+]([O-])c1c(Br)cccc1-c1cccc2c1oc1ccccc12. The van der Waals surface area contributed by atoms with Crippen molar-refractivity contribution >= 4 is 43.6 Å². The lowest BCUT2D eigenvalue weighted by Crippen LogP contribution is -1.93. The summed E-state index contributed by atoms with van der Waals surface area (Å²) in [7, 11) is 0. The van der Waals surface area contributed by atoms with Gasteiger partial charge in [0.2, 0.25) is 0 Å². The Balaban J connectivity index is 2.12. The second kappa shape index (κ2) is 5.21. The summed E-state index contributed by atoms with van der Waals surface area (Å²) in [6.45, 7) is 0. The average molecular weight is 368 g/mol. The molecule has 4 nitrogen and oxygen atoms in total. The molecule has 23 heavy (non-hydrogen) atoms. The Morgan fingerprint density at radius 3 is 2.39 bits per heavy atom. The summed E-state index contributed by atoms with van der Waals surface area (Å²) < 4.78 is 6.43. The van der Waals surface area contributed by atoms with Gasteiger partial charge in [-0.1, -0.05) is 42.5 Å². The molecule has 0 fully saturated rings. The minimum atomic E-state index is -0.374. The highest BCUT2D eigenvalue weighted by Crippen LogP contribution is 2.41. The van der Waals surface area contributed by atoms with Crippen LogP contribution >= 0.6 is 15.9 Å². The molecule has 3 aromatic carbocycles. The van der Waals surface area contributed by atoms with E-state index in [9.17, 15) is 10.1 Å². The smallest absolute Gasteiger partial charge is 0.291 e. The van der Waals surface area contributed by atoms with Gasteiger partial charge in [0.25, 0.3) is 5.69 Å². The summed E-state index contributed by atoms with van der Waals surface area (Å²) in [5.74, 6) is 0. The summed E-state index contributed by atoms with van der Waals surface area (Å²) in [6.07, 6.45) is 0. The fourth-order valence-corrected chi connectivity index (χ4v) is 3.39. The largest absolute Gasteiger partial charge is 0.455 e. The zero-order valence-electron chi connectivity index (χ0n) is 11.8. The number of hydrogen-bond donors (Lipinski definition) is 0. The van der Waals surface area contributed by atoms with E-state index in [0.717, 1.165) is 16.4 Å². The van der Waals surface area contributed by atoms with Crippen LogP contribution in [0.2, 0.25) is 0 Å². The molecule has 1 aromatic heterocycles. The highest BCUT2D eigenvalue weighted by Gasteiger charge is 2.22. The first kappa shape index (κ1) is 14.0. The Morgan fingerprint density at radius 2 is 1.57 bits per heavy atom. The van der Waals surface area contributed by atoms with Gasteiger partial charge in [-0.05, 0) is 34.1 Å². The first-order valence-electron chi connectivity index (χ1n) is 7.00. The number of rotatable bonds is 2. The summed E-state index contributed by atoms with van der Waals surface area (Å²) in [5, 5.41) is 13.4. The van der Waals surface area contributed by atoms with Crippen LogP contribution in [0.5, 0.6) is 0 Å². The second-order valence-electron chi connectivity index (χ2n) is 5.17. The number of nitro groups is 1. The van der Waals surface area contributed by atoms with E-state index >= 15 is 0 Å². The summed E-state index contributed by atoms with van der Waals surface area (Å²) >= 11 is 3.27. The van der Waals surface area contributed by atoms with E-state index in [1.165, 1.54) is 0 Å². The van der Waals surface area contributed by atoms with Crippen molar-refractivity contribution in [3.05, 3.63) is 75.3 Å². The standard InChI is InChI=1S/C18H10BrNO3/c19-15-9-4-6-12(17(15)20(21)22)14-8-3-7-13-11-5-1-2-10-16(11)23-18(13)14/h1-10H. The van der Waals surface area contributed by atoms with Crippen LogP contribution in [0.3, 0.4) is 0 Å². The van der Waals surface area contributed by atoms with Gasteiger partial charge < -0.3 is 4.42 Å². The van der Waals surface area contributed by atoms with Gasteiger partial charge in [0.15, 0.2) is 0 Å². The number of halogens is 1. The number of nitro benzene ring substituents is 1. The number of furan rings is 1. The molecule has 0 saturated carbocycles. The van der Waals surface area contributed by atoms with Crippen LogP contribution in [0.25, 0.3) is 33.1 Å². The van der Waals surface area contributed by atoms with E-state index < -0.39 is 0 Å². The molecule has 0 amide bonds. The number of nitrogens with zero attached hydrogens (tertiary/aromatic N) is 1. The lowest BCUT2D eigenvalue weighted by Gasteiger charge is -2.05. The highest BCUT2D eigenvalue weighted by molar-refractivity contribution is 9.10. The number of hydrogen-bond acceptors (Lipinski definition) is 3. The third-order valence-corrected chi connectivity index (χ3v) is 4.50. The first-order chi connectivity index (χ1) is 11.2. The van der Waals surface area contributed by atoms with Crippen molar-refractivity contribution in [1.82, 2.24) is 0 Å². The third kappa shape index (κ3) is 2.12. The zero-order chi connectivity index (χ0) is 16.0. The predicted molar refractivity (Wildman–Crippen MR) is 93.5 cm³/mol. The lowest BCUT2D eigenvalue weighted by molar-refractivity contribution is -0.385. The Hall–Kier alpha value is -2.66. The first-order valence-corrected chi connectivity index (χ1v) is 7.79. The molecule has 0 aliphatic heterocycles. The van der Waals surface area contributed by atoms with Crippen molar-refractivity contribution < 1.29 is 9.34 Å². The van der Waals surface area contributed by atoms with Crippen molar-refractivity contribution in [2.75, 3.05) is 0 Å². The van der Waals surface area contributed by atoms with E-state index in [4.69, 9.17) is 4.42 Å². The van der Waals surface area contributed by atoms with Crippen molar-refractivity contribution in [3.8, 4) is 11.1 Å². The van der Waals surface area contributed by atoms with Crippen LogP contribution < -0.4 is 0 Å². The van der Waals surface area contributed by atoms with Gasteiger partial charge >= 0.3 is 0 Å². The molecule has 112 valence electrons. The molecule has 0 unspecified atom stereocenters. The molecular formula is C18H10BrNO3. The molecule has 0 aliphatic carbocycles. The molecule has 0 saturated heterocycles. The van der Waals surface area contributed by atoms with Gasteiger partial charge in [-0.25, -0.2) is 0 Å². The summed E-state index contributed by atoms with van der Waals surface area (Å²) in [4.78, 5) is 11.1. The molecule has 0 radical (unpaired) electrons. The van der Waals surface area contributed by atoms with Crippen LogP contribution in [-0.4, -0.2) is 4.92 Å². The monoisotopic (exact) mass is 367 g/mol. The molecule has 0 atom stereocenters. The van der Waals surface area contributed by atoms with Crippen LogP contribution in [0.1, 0.15) is 0 Å². The molecule has 1 heterocycles. The Morgan fingerprint density at radius 1 is 0.870 bits per heavy atom. The quantitative estimate of drug-likeness (QED) is 0.326. The number of para-hydroxylation sites is 3. The van der Waals surface area contributed by atoms with E-state index in [1.807, 2.05) is 42.5 Å². The molecule has 0 bridgehead atoms. The van der Waals surface area contributed by atoms with Crippen LogP contribution in [0.4, 0.5) is 5.69 Å². The van der Waals surface area contributed by atoms with Crippen LogP contribution in [-0.2, 0) is 0 Å². The Labute approximate surface area is 139 Å². The predicted octanol–water partition coefficient (Wildman–Crippen LogP) is 5.92. The van der Waals surface area contributed by atoms with Gasteiger partial charge in [0.05, 0.1) is 15.0 Å². The second-order valence-corrected chi connectivity index (χ2v) is 6.03. The van der Waals surface area contributed by atoms with Crippen molar-refractivity contribution in [2.24, 2.45) is 0 Å². The van der Waals surface area contributed by atoms with E-state index in [1.54, 1.807) is 18.2 Å². The zero-order valence-corrected chi connectivity index (χ0v) is 13.4. The maximum Gasteiger partial charge on any atom is 0.291 e. The molecule has 0 N–H and O–H groups in total. The molecule has 4 rings (SSSR count). The van der Waals surface area contributed by atoms with Gasteiger partial charge in [0, 0.05) is 16.3 Å². The summed E-state index contributed by atoms with van der Waals surface area (Å²) in [5.41, 5.74) is 2.73. The normalized spacial score (nSPS) is 11.2. The molecule has 0 spiro atoms. The van der Waals surface area contributed by atoms with Crippen molar-refractivity contribution in [1.29, 1.82) is 0 Å². The summed E-state index contributed by atoms with van der Waals surface area (Å²) in [6, 6.07) is 18.6. The molecular weight excluding hydrogens is 358 g/mol. The topological polar surface area (TPSA) is 56.3 Å². The maximum absolute atomic E-state index is 11.5. The van der Waals surface area contributed by atoms with Gasteiger partial charge in [-0.15, -0.1) is 0 Å². The van der Waals surface area contributed by atoms with E-state index in [-0.39, 0.29) is 10.6 Å². The minimum absolute atomic E-state index is 0.0421. The molecule has 4 aromatic rings. The van der Waals surface area contributed by atoms with Crippen molar-refractivity contribution in [2.45, 2.75) is 0 Å². The Kier molecular flexibility index (Phi) is 3.16. The van der Waals surface area contributed by atoms with Crippen molar-refractivity contribution in [3.63, 3.8) is 0 Å². The van der Waals surface area contributed by atoms with Gasteiger partial charge in [-0.3, -0.25) is 10.1 Å². The third-order valence-electron chi connectivity index (χ3n) is 3.86. The number of fused-ring (bicyclic) bond motifs is 3. The van der Waals surface area contributed by atoms with Crippen LogP contribution in [0, 0.1) is 10.1 Å². The molecule has 5 heteroatoms. The average Bonchev–Trinajstić information content (AvgIpc) is 2.93. The fourth-order valence-electron chi connectivity index (χ4n) is 2.88. The maximum atomic E-state index is 11.5. The molecule has 0 aliphatic rings. The minimum Gasteiger partial charge on any atom is -0.455 e. The fraction of sp³-hybridized carbons (Fsp3) is 0. The van der Waals surface area contributed by atoms with E-state index in [0.29, 0.717) is 21.2 Å². The van der Waals surface area contributed by atoms with Gasteiger partial charge in [-0.2, -0.15) is 0 Å².